The number of carbonyl (C=O) groups excluding carboxylic acids is 2. The zero-order valence-electron chi connectivity index (χ0n) is 31.8. The first-order valence-corrected chi connectivity index (χ1v) is 19.9. The third kappa shape index (κ3) is 10.5. The van der Waals surface area contributed by atoms with Crippen molar-refractivity contribution in [3.8, 4) is 22.6 Å². The van der Waals surface area contributed by atoms with E-state index in [2.05, 4.69) is 35.0 Å². The highest BCUT2D eigenvalue weighted by molar-refractivity contribution is 7.99. The van der Waals surface area contributed by atoms with Gasteiger partial charge in [0.1, 0.15) is 11.5 Å². The van der Waals surface area contributed by atoms with Crippen LogP contribution in [0.25, 0.3) is 11.1 Å². The number of amides is 3. The molecule has 0 aromatic heterocycles. The van der Waals surface area contributed by atoms with Gasteiger partial charge in [0.2, 0.25) is 5.91 Å². The van der Waals surface area contributed by atoms with Crippen LogP contribution < -0.4 is 20.7 Å². The SMILES string of the molecule is CC(=O)Nc1ccc(SC[C@@H]2O[C@H](c3ccc(-c4ccccc4CNC(=O)Nc4ccc(Oc5ccccc5)cc4)cc3)O[C@H](c3ccc(CO)cc3)[C@@H]2C)cc1. The fourth-order valence-electron chi connectivity index (χ4n) is 6.68. The highest BCUT2D eigenvalue weighted by atomic mass is 32.2. The van der Waals surface area contributed by atoms with Crippen LogP contribution in [0.15, 0.2) is 157 Å². The van der Waals surface area contributed by atoms with Gasteiger partial charge in [-0.25, -0.2) is 4.79 Å². The minimum Gasteiger partial charge on any atom is -0.457 e. The van der Waals surface area contributed by atoms with Gasteiger partial charge in [-0.1, -0.05) is 97.9 Å². The molecule has 1 heterocycles. The van der Waals surface area contributed by atoms with Crippen LogP contribution in [0.2, 0.25) is 0 Å². The maximum atomic E-state index is 12.9. The number of anilines is 2. The van der Waals surface area contributed by atoms with E-state index in [1.54, 1.807) is 23.9 Å². The van der Waals surface area contributed by atoms with Gasteiger partial charge in [0, 0.05) is 47.0 Å². The lowest BCUT2D eigenvalue weighted by atomic mass is 9.91. The van der Waals surface area contributed by atoms with Crippen molar-refractivity contribution >= 4 is 35.1 Å². The smallest absolute Gasteiger partial charge is 0.319 e. The third-order valence-electron chi connectivity index (χ3n) is 9.75. The molecule has 0 aliphatic carbocycles. The van der Waals surface area contributed by atoms with Gasteiger partial charge < -0.3 is 35.3 Å². The number of benzene rings is 6. The molecule has 290 valence electrons. The van der Waals surface area contributed by atoms with E-state index in [4.69, 9.17) is 14.2 Å². The van der Waals surface area contributed by atoms with E-state index in [9.17, 15) is 14.7 Å². The number of hydrogen-bond donors (Lipinski definition) is 4. The number of hydrogen-bond acceptors (Lipinski definition) is 7. The second kappa shape index (κ2) is 18.8. The monoisotopic (exact) mass is 779 g/mol. The van der Waals surface area contributed by atoms with Crippen molar-refractivity contribution in [1.29, 1.82) is 0 Å². The maximum absolute atomic E-state index is 12.9. The summed E-state index contributed by atoms with van der Waals surface area (Å²) in [5.41, 5.74) is 7.16. The first kappa shape index (κ1) is 39.3. The molecule has 1 saturated heterocycles. The molecule has 57 heavy (non-hydrogen) atoms. The lowest BCUT2D eigenvalue weighted by Gasteiger charge is -2.41. The highest BCUT2D eigenvalue weighted by Gasteiger charge is 2.38. The zero-order valence-corrected chi connectivity index (χ0v) is 32.6. The van der Waals surface area contributed by atoms with Crippen LogP contribution in [0.5, 0.6) is 11.5 Å². The van der Waals surface area contributed by atoms with E-state index in [-0.39, 0.29) is 36.7 Å². The summed E-state index contributed by atoms with van der Waals surface area (Å²) in [6, 6.07) is 48.4. The molecule has 3 amide bonds. The van der Waals surface area contributed by atoms with Gasteiger partial charge in [-0.3, -0.25) is 4.79 Å². The Kier molecular flexibility index (Phi) is 13.0. The first-order chi connectivity index (χ1) is 27.8. The molecule has 6 aromatic rings. The number of thioether (sulfide) groups is 1. The number of urea groups is 1. The Morgan fingerprint density at radius 1 is 0.702 bits per heavy atom. The number of aliphatic hydroxyl groups excluding tert-OH is 1. The Balaban J connectivity index is 1.01. The van der Waals surface area contributed by atoms with Gasteiger partial charge in [-0.2, -0.15) is 0 Å². The van der Waals surface area contributed by atoms with Crippen LogP contribution in [-0.2, 0) is 27.4 Å². The Hall–Kier alpha value is -5.91. The molecule has 0 saturated carbocycles. The van der Waals surface area contributed by atoms with Gasteiger partial charge in [0.15, 0.2) is 6.29 Å². The first-order valence-electron chi connectivity index (χ1n) is 18.9. The Bertz CT molecular complexity index is 2230. The summed E-state index contributed by atoms with van der Waals surface area (Å²) in [6.07, 6.45) is -0.975. The second-order valence-electron chi connectivity index (χ2n) is 13.9. The van der Waals surface area contributed by atoms with Crippen LogP contribution in [-0.4, -0.2) is 28.9 Å². The minimum absolute atomic E-state index is 0.0215. The van der Waals surface area contributed by atoms with E-state index in [0.29, 0.717) is 23.7 Å². The van der Waals surface area contributed by atoms with Gasteiger partial charge >= 0.3 is 6.03 Å². The summed E-state index contributed by atoms with van der Waals surface area (Å²) < 4.78 is 19.3. The van der Waals surface area contributed by atoms with Crippen molar-refractivity contribution in [2.45, 2.75) is 50.4 Å². The fraction of sp³-hybridized carbons (Fsp3) is 0.191. The molecule has 1 aliphatic rings. The molecule has 4 atom stereocenters. The van der Waals surface area contributed by atoms with Gasteiger partial charge in [0.25, 0.3) is 0 Å². The Morgan fingerprint density at radius 2 is 1.33 bits per heavy atom. The van der Waals surface area contributed by atoms with Gasteiger partial charge in [0.05, 0.1) is 18.8 Å². The molecule has 4 N–H and O–H groups in total. The largest absolute Gasteiger partial charge is 0.457 e. The van der Waals surface area contributed by atoms with E-state index in [1.807, 2.05) is 127 Å². The van der Waals surface area contributed by atoms with Crippen LogP contribution in [0.3, 0.4) is 0 Å². The molecular weight excluding hydrogens is 735 g/mol. The second-order valence-corrected chi connectivity index (χ2v) is 15.0. The molecule has 0 bridgehead atoms. The molecular formula is C47H45N3O6S. The average Bonchev–Trinajstić information content (AvgIpc) is 3.24. The van der Waals surface area contributed by atoms with E-state index in [1.165, 1.54) is 6.92 Å². The van der Waals surface area contributed by atoms with Crippen molar-refractivity contribution in [2.24, 2.45) is 5.92 Å². The predicted molar refractivity (Wildman–Crippen MR) is 225 cm³/mol. The van der Waals surface area contributed by atoms with Crippen molar-refractivity contribution in [2.75, 3.05) is 16.4 Å². The summed E-state index contributed by atoms with van der Waals surface area (Å²) in [5, 5.41) is 18.3. The lowest BCUT2D eigenvalue weighted by Crippen LogP contribution is -2.38. The molecule has 9 nitrogen and oxygen atoms in total. The standard InChI is InChI=1S/C47H45N3O6S/c1-31-44(30-57-42-26-22-38(23-27-42)49-32(2)52)55-46(56-45(31)35-14-12-33(29-51)13-15-35)36-18-16-34(17-19-36)43-11-7-6-8-37(43)28-48-47(53)50-39-20-24-41(25-21-39)54-40-9-4-3-5-10-40/h3-27,31,44-46,51H,28-30H2,1-2H3,(H,49,52)(H2,48,50,53)/t31-,44+,45+,46+/m1/s1. The van der Waals surface area contributed by atoms with E-state index in [0.717, 1.165) is 49.7 Å². The number of rotatable bonds is 13. The molecule has 1 fully saturated rings. The fourth-order valence-corrected chi connectivity index (χ4v) is 7.75. The molecule has 0 radical (unpaired) electrons. The predicted octanol–water partition coefficient (Wildman–Crippen LogP) is 10.5. The van der Waals surface area contributed by atoms with Crippen molar-refractivity contribution in [1.82, 2.24) is 5.32 Å². The Morgan fingerprint density at radius 3 is 2.04 bits per heavy atom. The molecule has 0 spiro atoms. The van der Waals surface area contributed by atoms with E-state index < -0.39 is 6.29 Å². The van der Waals surface area contributed by atoms with Crippen molar-refractivity contribution < 1.29 is 28.9 Å². The number of carbonyl (C=O) groups is 2. The van der Waals surface area contributed by atoms with Crippen LogP contribution >= 0.6 is 11.8 Å². The molecule has 1 aliphatic heterocycles. The highest BCUT2D eigenvalue weighted by Crippen LogP contribution is 2.43. The van der Waals surface area contributed by atoms with Crippen LogP contribution in [0.1, 0.15) is 48.5 Å². The Labute approximate surface area is 337 Å². The normalized spacial score (nSPS) is 17.7. The number of para-hydroxylation sites is 1. The molecule has 7 rings (SSSR count). The summed E-state index contributed by atoms with van der Waals surface area (Å²) in [5.74, 6) is 2.06. The molecule has 6 aromatic carbocycles. The molecule has 10 heteroatoms. The number of nitrogens with one attached hydrogen (secondary N) is 3. The number of ether oxygens (including phenoxy) is 3. The van der Waals surface area contributed by atoms with Crippen molar-refractivity contribution in [3.05, 3.63) is 174 Å². The topological polar surface area (TPSA) is 118 Å². The number of aliphatic hydroxyl groups is 1. The van der Waals surface area contributed by atoms with Crippen LogP contribution in [0, 0.1) is 5.92 Å². The average molecular weight is 780 g/mol. The summed E-state index contributed by atoms with van der Waals surface area (Å²) in [7, 11) is 0. The summed E-state index contributed by atoms with van der Waals surface area (Å²) in [4.78, 5) is 25.5. The van der Waals surface area contributed by atoms with Gasteiger partial charge in [-0.05, 0) is 88.5 Å². The molecule has 0 unspecified atom stereocenters. The van der Waals surface area contributed by atoms with Crippen molar-refractivity contribution in [3.63, 3.8) is 0 Å². The summed E-state index contributed by atoms with van der Waals surface area (Å²) in [6.45, 7) is 3.96. The quantitative estimate of drug-likeness (QED) is 0.0862. The third-order valence-corrected chi connectivity index (χ3v) is 10.9. The minimum atomic E-state index is -0.606. The summed E-state index contributed by atoms with van der Waals surface area (Å²) >= 11 is 1.70. The maximum Gasteiger partial charge on any atom is 0.319 e. The zero-order chi connectivity index (χ0) is 39.6. The van der Waals surface area contributed by atoms with E-state index >= 15 is 0 Å². The van der Waals surface area contributed by atoms with Crippen LogP contribution in [0.4, 0.5) is 16.2 Å². The lowest BCUT2D eigenvalue weighted by molar-refractivity contribution is -0.268. The van der Waals surface area contributed by atoms with Gasteiger partial charge in [-0.15, -0.1) is 11.8 Å².